The maximum atomic E-state index is 10.5. The Kier molecular flexibility index (Phi) is 2.30. The zero-order chi connectivity index (χ0) is 10.8. The first kappa shape index (κ1) is 9.53. The molecule has 0 atom stereocenters. The van der Waals surface area contributed by atoms with Gasteiger partial charge in [0.2, 0.25) is 0 Å². The molecule has 0 saturated carbocycles. The number of pyridine rings is 1. The molecule has 0 amide bonds. The quantitative estimate of drug-likeness (QED) is 0.436. The Hall–Kier alpha value is -2.02. The van der Waals surface area contributed by atoms with Gasteiger partial charge in [-0.2, -0.15) is 0 Å². The molecule has 0 unspecified atom stereocenters. The first-order valence-corrected chi connectivity index (χ1v) is 4.23. The van der Waals surface area contributed by atoms with Crippen LogP contribution in [-0.2, 0) is 0 Å². The summed E-state index contributed by atoms with van der Waals surface area (Å²) in [5, 5.41) is 17.9. The molecule has 0 aromatic carbocycles. The first-order chi connectivity index (χ1) is 7.18. The van der Waals surface area contributed by atoms with Gasteiger partial charge in [-0.05, 0) is 0 Å². The zero-order valence-electron chi connectivity index (χ0n) is 7.24. The Balaban J connectivity index is 2.55. The summed E-state index contributed by atoms with van der Waals surface area (Å²) in [5.41, 5.74) is 0.174. The molecule has 76 valence electrons. The van der Waals surface area contributed by atoms with Crippen molar-refractivity contribution >= 4 is 17.3 Å². The van der Waals surface area contributed by atoms with Crippen molar-refractivity contribution in [1.82, 2.24) is 20.0 Å². The van der Waals surface area contributed by atoms with Crippen molar-refractivity contribution in [1.29, 1.82) is 0 Å². The Labute approximate surface area is 88.5 Å². The number of nitro groups is 1. The first-order valence-electron chi connectivity index (χ1n) is 3.85. The lowest BCUT2D eigenvalue weighted by Gasteiger charge is -2.01. The largest absolute Gasteiger partial charge is 0.289 e. The summed E-state index contributed by atoms with van der Waals surface area (Å²) in [6.45, 7) is 0. The van der Waals surface area contributed by atoms with Crippen molar-refractivity contribution in [2.24, 2.45) is 0 Å². The number of hydrogen-bond donors (Lipinski definition) is 0. The van der Waals surface area contributed by atoms with Gasteiger partial charge in [0.05, 0.1) is 17.3 Å². The molecule has 0 spiro atoms. The second-order valence-corrected chi connectivity index (χ2v) is 2.97. The van der Waals surface area contributed by atoms with Crippen LogP contribution in [0.4, 0.5) is 5.69 Å². The normalized spacial score (nSPS) is 10.2. The average Bonchev–Trinajstić information content (AvgIpc) is 2.71. The molecule has 0 aliphatic carbocycles. The minimum atomic E-state index is -0.552. The molecule has 2 heterocycles. The lowest BCUT2D eigenvalue weighted by Crippen LogP contribution is -1.99. The van der Waals surface area contributed by atoms with Crippen LogP contribution < -0.4 is 0 Å². The number of halogens is 1. The van der Waals surface area contributed by atoms with E-state index in [2.05, 4.69) is 15.3 Å². The van der Waals surface area contributed by atoms with Crippen LogP contribution in [0, 0.1) is 10.1 Å². The van der Waals surface area contributed by atoms with Crippen molar-refractivity contribution < 1.29 is 4.92 Å². The molecule has 15 heavy (non-hydrogen) atoms. The molecule has 0 saturated heterocycles. The van der Waals surface area contributed by atoms with Crippen molar-refractivity contribution in [3.8, 4) is 5.69 Å². The fourth-order valence-corrected chi connectivity index (χ4v) is 1.21. The molecule has 0 N–H and O–H groups in total. The standard InChI is InChI=1S/C7H4ClN5O2/c8-7-6(12-2-1-10-11-12)3-5(4-9-7)13(14)15/h1-4H. The minimum Gasteiger partial charge on any atom is -0.258 e. The molecule has 8 heteroatoms. The zero-order valence-corrected chi connectivity index (χ0v) is 8.00. The average molecular weight is 226 g/mol. The van der Waals surface area contributed by atoms with E-state index in [-0.39, 0.29) is 10.8 Å². The fraction of sp³-hybridized carbons (Fsp3) is 0. The Morgan fingerprint density at radius 1 is 1.53 bits per heavy atom. The van der Waals surface area contributed by atoms with Crippen molar-refractivity contribution in [3.63, 3.8) is 0 Å². The highest BCUT2D eigenvalue weighted by Crippen LogP contribution is 2.21. The summed E-state index contributed by atoms with van der Waals surface area (Å²) in [6, 6.07) is 1.28. The number of rotatable bonds is 2. The molecular weight excluding hydrogens is 222 g/mol. The maximum absolute atomic E-state index is 10.5. The SMILES string of the molecule is O=[N+]([O-])c1cnc(Cl)c(-n2ccnn2)c1. The third-order valence-electron chi connectivity index (χ3n) is 1.69. The monoisotopic (exact) mass is 225 g/mol. The second kappa shape index (κ2) is 3.62. The van der Waals surface area contributed by atoms with Crippen molar-refractivity contribution in [3.05, 3.63) is 39.9 Å². The van der Waals surface area contributed by atoms with Gasteiger partial charge < -0.3 is 0 Å². The van der Waals surface area contributed by atoms with Crippen LogP contribution in [0.3, 0.4) is 0 Å². The highest BCUT2D eigenvalue weighted by atomic mass is 35.5. The van der Waals surface area contributed by atoms with Gasteiger partial charge in [0.15, 0.2) is 5.15 Å². The predicted octanol–water partition coefficient (Wildman–Crippen LogP) is 1.22. The van der Waals surface area contributed by atoms with Gasteiger partial charge in [0.1, 0.15) is 11.9 Å². The van der Waals surface area contributed by atoms with Gasteiger partial charge in [-0.1, -0.05) is 16.8 Å². The van der Waals surface area contributed by atoms with Crippen LogP contribution >= 0.6 is 11.6 Å². The van der Waals surface area contributed by atoms with Crippen molar-refractivity contribution in [2.45, 2.75) is 0 Å². The summed E-state index contributed by atoms with van der Waals surface area (Å²) in [6.07, 6.45) is 4.05. The van der Waals surface area contributed by atoms with Gasteiger partial charge in [-0.3, -0.25) is 10.1 Å². The Morgan fingerprint density at radius 2 is 2.33 bits per heavy atom. The van der Waals surface area contributed by atoms with Crippen LogP contribution in [0.15, 0.2) is 24.7 Å². The summed E-state index contributed by atoms with van der Waals surface area (Å²) in [4.78, 5) is 13.7. The molecule has 0 aliphatic heterocycles. The van der Waals surface area contributed by atoms with Gasteiger partial charge in [-0.15, -0.1) is 5.10 Å². The lowest BCUT2D eigenvalue weighted by atomic mass is 10.4. The molecule has 0 fully saturated rings. The maximum Gasteiger partial charge on any atom is 0.289 e. The molecule has 2 rings (SSSR count). The fourth-order valence-electron chi connectivity index (χ4n) is 1.02. The highest BCUT2D eigenvalue weighted by Gasteiger charge is 2.12. The number of hydrogen-bond acceptors (Lipinski definition) is 5. The van der Waals surface area contributed by atoms with Gasteiger partial charge in [-0.25, -0.2) is 9.67 Å². The Morgan fingerprint density at radius 3 is 2.93 bits per heavy atom. The third kappa shape index (κ3) is 1.77. The summed E-state index contributed by atoms with van der Waals surface area (Å²) in [7, 11) is 0. The van der Waals surface area contributed by atoms with E-state index in [1.165, 1.54) is 23.1 Å². The summed E-state index contributed by atoms with van der Waals surface area (Å²) in [5.74, 6) is 0. The molecule has 7 nitrogen and oxygen atoms in total. The van der Waals surface area contributed by atoms with Crippen LogP contribution in [-0.4, -0.2) is 24.9 Å². The van der Waals surface area contributed by atoms with Crippen LogP contribution in [0.1, 0.15) is 0 Å². The van der Waals surface area contributed by atoms with E-state index in [1.54, 1.807) is 0 Å². The molecule has 0 radical (unpaired) electrons. The molecule has 0 bridgehead atoms. The van der Waals surface area contributed by atoms with E-state index < -0.39 is 4.92 Å². The summed E-state index contributed by atoms with van der Waals surface area (Å²) < 4.78 is 1.31. The smallest absolute Gasteiger partial charge is 0.258 e. The Bertz CT molecular complexity index is 498. The van der Waals surface area contributed by atoms with E-state index in [4.69, 9.17) is 11.6 Å². The number of aromatic nitrogens is 4. The number of nitrogens with zero attached hydrogens (tertiary/aromatic N) is 5. The van der Waals surface area contributed by atoms with Gasteiger partial charge in [0, 0.05) is 6.07 Å². The van der Waals surface area contributed by atoms with Gasteiger partial charge >= 0.3 is 0 Å². The molecular formula is C7H4ClN5O2. The lowest BCUT2D eigenvalue weighted by molar-refractivity contribution is -0.385. The highest BCUT2D eigenvalue weighted by molar-refractivity contribution is 6.31. The molecule has 2 aromatic rings. The van der Waals surface area contributed by atoms with Crippen LogP contribution in [0.25, 0.3) is 5.69 Å². The van der Waals surface area contributed by atoms with E-state index >= 15 is 0 Å². The van der Waals surface area contributed by atoms with E-state index in [1.807, 2.05) is 0 Å². The van der Waals surface area contributed by atoms with E-state index in [0.29, 0.717) is 5.69 Å². The van der Waals surface area contributed by atoms with Crippen LogP contribution in [0.5, 0.6) is 0 Å². The van der Waals surface area contributed by atoms with E-state index in [0.717, 1.165) is 6.20 Å². The van der Waals surface area contributed by atoms with Crippen LogP contribution in [0.2, 0.25) is 5.15 Å². The van der Waals surface area contributed by atoms with E-state index in [9.17, 15) is 10.1 Å². The minimum absolute atomic E-state index is 0.131. The second-order valence-electron chi connectivity index (χ2n) is 2.61. The predicted molar refractivity (Wildman–Crippen MR) is 50.8 cm³/mol. The third-order valence-corrected chi connectivity index (χ3v) is 1.98. The topological polar surface area (TPSA) is 86.7 Å². The van der Waals surface area contributed by atoms with Gasteiger partial charge in [0.25, 0.3) is 5.69 Å². The molecule has 2 aromatic heterocycles. The molecule has 0 aliphatic rings. The van der Waals surface area contributed by atoms with Crippen molar-refractivity contribution in [2.75, 3.05) is 0 Å². The summed E-state index contributed by atoms with van der Waals surface area (Å²) >= 11 is 5.77.